The highest BCUT2D eigenvalue weighted by Gasteiger charge is 2.21. The van der Waals surface area contributed by atoms with Crippen molar-refractivity contribution in [1.29, 1.82) is 0 Å². The standard InChI is InChI=1S/C19H20BrN3O2S/c1-22(2)10-11-23(18(24)13-4-6-14(20)7-5-13)19-21-16-9-8-15(25-3)12-17(16)26-19/h4-9,12H,10-11H2,1-3H3. The normalized spacial score (nSPS) is 11.1. The summed E-state index contributed by atoms with van der Waals surface area (Å²) in [5.41, 5.74) is 1.51. The molecule has 0 N–H and O–H groups in total. The Balaban J connectivity index is 1.97. The van der Waals surface area contributed by atoms with Crippen molar-refractivity contribution in [3.05, 3.63) is 52.5 Å². The van der Waals surface area contributed by atoms with Crippen LogP contribution in [0, 0.1) is 0 Å². The molecular formula is C19H20BrN3O2S. The van der Waals surface area contributed by atoms with E-state index in [2.05, 4.69) is 25.8 Å². The van der Waals surface area contributed by atoms with Gasteiger partial charge in [0.05, 0.1) is 17.3 Å². The highest BCUT2D eigenvalue weighted by molar-refractivity contribution is 9.10. The van der Waals surface area contributed by atoms with Crippen LogP contribution in [0.3, 0.4) is 0 Å². The number of halogens is 1. The molecule has 0 bridgehead atoms. The number of aromatic nitrogens is 1. The predicted octanol–water partition coefficient (Wildman–Crippen LogP) is 4.28. The van der Waals surface area contributed by atoms with Crippen molar-refractivity contribution in [3.8, 4) is 5.75 Å². The van der Waals surface area contributed by atoms with Crippen molar-refractivity contribution in [3.63, 3.8) is 0 Å². The van der Waals surface area contributed by atoms with E-state index in [0.29, 0.717) is 17.2 Å². The lowest BCUT2D eigenvalue weighted by Gasteiger charge is -2.22. The van der Waals surface area contributed by atoms with E-state index in [1.54, 1.807) is 12.0 Å². The molecule has 1 aromatic heterocycles. The minimum Gasteiger partial charge on any atom is -0.497 e. The Bertz CT molecular complexity index is 909. The number of benzene rings is 2. The second kappa shape index (κ2) is 8.16. The minimum absolute atomic E-state index is 0.0506. The van der Waals surface area contributed by atoms with E-state index in [-0.39, 0.29) is 5.91 Å². The Labute approximate surface area is 165 Å². The molecule has 0 aliphatic rings. The van der Waals surface area contributed by atoms with Gasteiger partial charge in [-0.25, -0.2) is 4.98 Å². The Hall–Kier alpha value is -1.96. The molecule has 7 heteroatoms. The third-order valence-electron chi connectivity index (χ3n) is 3.92. The van der Waals surface area contributed by atoms with Gasteiger partial charge >= 0.3 is 0 Å². The summed E-state index contributed by atoms with van der Waals surface area (Å²) in [7, 11) is 5.63. The van der Waals surface area contributed by atoms with E-state index in [0.717, 1.165) is 27.0 Å². The van der Waals surface area contributed by atoms with Gasteiger partial charge in [-0.05, 0) is 56.6 Å². The van der Waals surface area contributed by atoms with Crippen LogP contribution in [-0.4, -0.2) is 50.1 Å². The van der Waals surface area contributed by atoms with Gasteiger partial charge in [-0.15, -0.1) is 0 Å². The van der Waals surface area contributed by atoms with Gasteiger partial charge in [0, 0.05) is 23.1 Å². The summed E-state index contributed by atoms with van der Waals surface area (Å²) >= 11 is 4.91. The van der Waals surface area contributed by atoms with Gasteiger partial charge < -0.3 is 9.64 Å². The lowest BCUT2D eigenvalue weighted by Crippen LogP contribution is -2.36. The summed E-state index contributed by atoms with van der Waals surface area (Å²) < 4.78 is 7.23. The Morgan fingerprint density at radius 1 is 1.15 bits per heavy atom. The fraction of sp³-hybridized carbons (Fsp3) is 0.263. The molecule has 1 amide bonds. The molecule has 0 atom stereocenters. The minimum atomic E-state index is -0.0506. The molecule has 2 aromatic carbocycles. The number of nitrogens with zero attached hydrogens (tertiary/aromatic N) is 3. The zero-order chi connectivity index (χ0) is 18.7. The summed E-state index contributed by atoms with van der Waals surface area (Å²) in [5, 5.41) is 0.697. The second-order valence-electron chi connectivity index (χ2n) is 6.10. The first-order valence-corrected chi connectivity index (χ1v) is 9.75. The summed E-state index contributed by atoms with van der Waals surface area (Å²) in [5.74, 6) is 0.733. The topological polar surface area (TPSA) is 45.7 Å². The van der Waals surface area contributed by atoms with Crippen LogP contribution in [0.15, 0.2) is 46.9 Å². The van der Waals surface area contributed by atoms with Crippen LogP contribution >= 0.6 is 27.3 Å². The fourth-order valence-corrected chi connectivity index (χ4v) is 3.75. The van der Waals surface area contributed by atoms with Crippen molar-refractivity contribution in [2.24, 2.45) is 0 Å². The maximum absolute atomic E-state index is 13.1. The molecule has 0 spiro atoms. The third-order valence-corrected chi connectivity index (χ3v) is 5.49. The van der Waals surface area contributed by atoms with Crippen LogP contribution in [0.4, 0.5) is 5.13 Å². The second-order valence-corrected chi connectivity index (χ2v) is 8.02. The fourth-order valence-electron chi connectivity index (χ4n) is 2.47. The Morgan fingerprint density at radius 2 is 1.88 bits per heavy atom. The van der Waals surface area contributed by atoms with Crippen molar-refractivity contribution >= 4 is 48.5 Å². The first-order chi connectivity index (χ1) is 12.5. The van der Waals surface area contributed by atoms with E-state index in [1.807, 2.05) is 56.6 Å². The van der Waals surface area contributed by atoms with E-state index in [4.69, 9.17) is 4.74 Å². The molecule has 136 valence electrons. The number of hydrogen-bond donors (Lipinski definition) is 0. The van der Waals surface area contributed by atoms with Crippen LogP contribution in [0.1, 0.15) is 10.4 Å². The molecule has 0 fully saturated rings. The Kier molecular flexibility index (Phi) is 5.90. The van der Waals surface area contributed by atoms with Crippen molar-refractivity contribution < 1.29 is 9.53 Å². The largest absolute Gasteiger partial charge is 0.497 e. The zero-order valence-corrected chi connectivity index (χ0v) is 17.3. The summed E-state index contributed by atoms with van der Waals surface area (Å²) in [6.07, 6.45) is 0. The van der Waals surface area contributed by atoms with Gasteiger partial charge in [0.2, 0.25) is 0 Å². The van der Waals surface area contributed by atoms with Crippen LogP contribution in [0.5, 0.6) is 5.75 Å². The van der Waals surface area contributed by atoms with E-state index in [9.17, 15) is 4.79 Å². The molecule has 0 unspecified atom stereocenters. The van der Waals surface area contributed by atoms with Crippen molar-refractivity contribution in [2.75, 3.05) is 39.2 Å². The predicted molar refractivity (Wildman–Crippen MR) is 111 cm³/mol. The molecule has 0 aliphatic heterocycles. The molecule has 0 aliphatic carbocycles. The number of carbonyl (C=O) groups is 1. The SMILES string of the molecule is COc1ccc2nc(N(CCN(C)C)C(=O)c3ccc(Br)cc3)sc2c1. The molecule has 1 heterocycles. The number of amides is 1. The number of rotatable bonds is 6. The monoisotopic (exact) mass is 433 g/mol. The number of ether oxygens (including phenoxy) is 1. The van der Waals surface area contributed by atoms with Crippen LogP contribution in [0.2, 0.25) is 0 Å². The van der Waals surface area contributed by atoms with Crippen LogP contribution in [-0.2, 0) is 0 Å². The molecule has 0 radical (unpaired) electrons. The summed E-state index contributed by atoms with van der Waals surface area (Å²) in [6, 6.07) is 13.2. The molecular weight excluding hydrogens is 414 g/mol. The van der Waals surface area contributed by atoms with Crippen LogP contribution < -0.4 is 9.64 Å². The number of anilines is 1. The summed E-state index contributed by atoms with van der Waals surface area (Å²) in [4.78, 5) is 21.6. The van der Waals surface area contributed by atoms with Gasteiger partial charge in [-0.1, -0.05) is 27.3 Å². The van der Waals surface area contributed by atoms with E-state index >= 15 is 0 Å². The molecule has 3 aromatic rings. The number of carbonyl (C=O) groups excluding carboxylic acids is 1. The molecule has 0 saturated carbocycles. The lowest BCUT2D eigenvalue weighted by molar-refractivity contribution is 0.0985. The van der Waals surface area contributed by atoms with E-state index in [1.165, 1.54) is 11.3 Å². The number of fused-ring (bicyclic) bond motifs is 1. The molecule has 0 saturated heterocycles. The zero-order valence-electron chi connectivity index (χ0n) is 14.9. The van der Waals surface area contributed by atoms with E-state index < -0.39 is 0 Å². The number of thiazole rings is 1. The highest BCUT2D eigenvalue weighted by atomic mass is 79.9. The molecule has 3 rings (SSSR count). The van der Waals surface area contributed by atoms with Gasteiger partial charge in [-0.3, -0.25) is 9.69 Å². The maximum Gasteiger partial charge on any atom is 0.260 e. The molecule has 5 nitrogen and oxygen atoms in total. The Morgan fingerprint density at radius 3 is 2.54 bits per heavy atom. The average Bonchev–Trinajstić information content (AvgIpc) is 3.04. The number of likely N-dealkylation sites (N-methyl/N-ethyl adjacent to an activating group) is 1. The van der Waals surface area contributed by atoms with Gasteiger partial charge in [0.15, 0.2) is 5.13 Å². The summed E-state index contributed by atoms with van der Waals surface area (Å²) in [6.45, 7) is 1.32. The lowest BCUT2D eigenvalue weighted by atomic mass is 10.2. The third kappa shape index (κ3) is 4.23. The smallest absolute Gasteiger partial charge is 0.260 e. The molecule has 26 heavy (non-hydrogen) atoms. The highest BCUT2D eigenvalue weighted by Crippen LogP contribution is 2.32. The van der Waals surface area contributed by atoms with Crippen LogP contribution in [0.25, 0.3) is 10.2 Å². The first-order valence-electron chi connectivity index (χ1n) is 8.14. The van der Waals surface area contributed by atoms with Gasteiger partial charge in [0.25, 0.3) is 5.91 Å². The average molecular weight is 434 g/mol. The maximum atomic E-state index is 13.1. The van der Waals surface area contributed by atoms with Gasteiger partial charge in [0.1, 0.15) is 5.75 Å². The quantitative estimate of drug-likeness (QED) is 0.581. The van der Waals surface area contributed by atoms with Gasteiger partial charge in [-0.2, -0.15) is 0 Å². The van der Waals surface area contributed by atoms with Crippen molar-refractivity contribution in [2.45, 2.75) is 0 Å². The first kappa shape index (κ1) is 18.8. The number of methoxy groups -OCH3 is 1. The van der Waals surface area contributed by atoms with Crippen molar-refractivity contribution in [1.82, 2.24) is 9.88 Å². The number of hydrogen-bond acceptors (Lipinski definition) is 5.